The summed E-state index contributed by atoms with van der Waals surface area (Å²) in [5.74, 6) is 3.06. The van der Waals surface area contributed by atoms with Gasteiger partial charge in [-0.25, -0.2) is 0 Å². The number of aryl methyl sites for hydroxylation is 2. The zero-order valence-corrected chi connectivity index (χ0v) is 28.6. The molecule has 6 heteroatoms. The quantitative estimate of drug-likeness (QED) is 0.171. The van der Waals surface area contributed by atoms with Gasteiger partial charge in [0.05, 0.1) is 29.0 Å². The fourth-order valence-corrected chi connectivity index (χ4v) is 7.66. The Morgan fingerprint density at radius 2 is 0.942 bits per heavy atom. The zero-order valence-electron chi connectivity index (χ0n) is 28.6. The normalized spacial score (nSPS) is 11.9. The highest BCUT2D eigenvalue weighted by atomic mass is 16.5. The molecule has 2 heterocycles. The van der Waals surface area contributed by atoms with Crippen molar-refractivity contribution in [3.05, 3.63) is 168 Å². The summed E-state index contributed by atoms with van der Waals surface area (Å²) in [6.07, 6.45) is 0. The third kappa shape index (κ3) is 5.18. The van der Waals surface area contributed by atoms with Crippen LogP contribution in [0, 0.1) is 36.5 Å². The van der Waals surface area contributed by atoms with E-state index >= 15 is 0 Å². The molecule has 2 aliphatic rings. The summed E-state index contributed by atoms with van der Waals surface area (Å²) < 4.78 is 13.8. The van der Waals surface area contributed by atoms with Crippen molar-refractivity contribution in [3.63, 3.8) is 0 Å². The second kappa shape index (κ2) is 12.4. The summed E-state index contributed by atoms with van der Waals surface area (Å²) in [6.45, 7) is 3.95. The van der Waals surface area contributed by atoms with Crippen LogP contribution in [-0.2, 0) is 0 Å². The van der Waals surface area contributed by atoms with E-state index in [9.17, 15) is 10.5 Å². The average molecular weight is 668 g/mol. The number of ether oxygens (including phenoxy) is 2. The van der Waals surface area contributed by atoms with Crippen LogP contribution >= 0.6 is 0 Å². The van der Waals surface area contributed by atoms with Gasteiger partial charge in [0.1, 0.15) is 23.0 Å². The van der Waals surface area contributed by atoms with E-state index in [0.29, 0.717) is 11.1 Å². The predicted octanol–water partition coefficient (Wildman–Crippen LogP) is 9.58. The summed E-state index contributed by atoms with van der Waals surface area (Å²) in [4.78, 5) is 2.22. The smallest absolute Gasteiger partial charge is 0.260 e. The monoisotopic (exact) mass is 667 g/mol. The first-order valence-corrected chi connectivity index (χ1v) is 17.2. The van der Waals surface area contributed by atoms with Crippen molar-refractivity contribution in [2.24, 2.45) is 0 Å². The number of hydrogen-bond donors (Lipinski definition) is 0. The van der Waals surface area contributed by atoms with Gasteiger partial charge >= 0.3 is 0 Å². The maximum Gasteiger partial charge on any atom is 0.260 e. The Kier molecular flexibility index (Phi) is 7.39. The van der Waals surface area contributed by atoms with Crippen LogP contribution in [0.3, 0.4) is 0 Å². The molecule has 0 saturated carbocycles. The van der Waals surface area contributed by atoms with Gasteiger partial charge in [-0.05, 0) is 119 Å². The number of hydrogen-bond acceptors (Lipinski definition) is 5. The van der Waals surface area contributed by atoms with Crippen LogP contribution in [0.15, 0.2) is 146 Å². The number of anilines is 3. The standard InChI is InChI=1S/C46H30BN3O2/c1-29-21-31(27-48)13-17-38(29)33-15-19-40-42(23-33)51-44-25-37(50(35-9-5-3-6-10-35)36-11-7-4-8-12-36)26-45-46(44)47(40)41-20-16-34(24-43(41)52-45)39-18-14-32(28-49)22-30(39)2/h3-26H,1-2H3. The minimum Gasteiger partial charge on any atom is -0.458 e. The van der Waals surface area contributed by atoms with E-state index in [-0.39, 0.29) is 6.71 Å². The number of benzene rings is 7. The van der Waals surface area contributed by atoms with Gasteiger partial charge < -0.3 is 14.4 Å². The van der Waals surface area contributed by atoms with Crippen molar-refractivity contribution in [1.82, 2.24) is 0 Å². The maximum atomic E-state index is 9.47. The minimum atomic E-state index is -0.124. The molecule has 9 rings (SSSR count). The van der Waals surface area contributed by atoms with E-state index in [1.807, 2.05) is 86.6 Å². The SMILES string of the molecule is Cc1cc(C#N)ccc1-c1ccc2c(c1)Oc1cc(N(c3ccccc3)c3ccccc3)cc3c1B2c1ccc(-c2ccc(C#N)cc2C)cc1O3. The number of para-hydroxylation sites is 2. The Bertz CT molecular complexity index is 2460. The number of rotatable bonds is 5. The van der Waals surface area contributed by atoms with Crippen molar-refractivity contribution in [3.8, 4) is 57.4 Å². The average Bonchev–Trinajstić information content (AvgIpc) is 3.18. The molecule has 0 saturated heterocycles. The molecular formula is C46H30BN3O2. The lowest BCUT2D eigenvalue weighted by molar-refractivity contribution is 0.465. The Morgan fingerprint density at radius 1 is 0.481 bits per heavy atom. The molecule has 7 aromatic carbocycles. The molecule has 52 heavy (non-hydrogen) atoms. The molecular weight excluding hydrogens is 637 g/mol. The third-order valence-electron chi connectivity index (χ3n) is 10.1. The van der Waals surface area contributed by atoms with E-state index in [1.165, 1.54) is 0 Å². The van der Waals surface area contributed by atoms with Crippen molar-refractivity contribution in [2.75, 3.05) is 4.90 Å². The molecule has 0 aromatic heterocycles. The van der Waals surface area contributed by atoms with Crippen LogP contribution in [0.25, 0.3) is 22.3 Å². The van der Waals surface area contributed by atoms with Crippen LogP contribution < -0.4 is 30.8 Å². The molecule has 0 spiro atoms. The van der Waals surface area contributed by atoms with Crippen molar-refractivity contribution in [2.45, 2.75) is 13.8 Å². The van der Waals surface area contributed by atoms with Crippen LogP contribution in [0.1, 0.15) is 22.3 Å². The van der Waals surface area contributed by atoms with Crippen molar-refractivity contribution >= 4 is 40.2 Å². The molecule has 0 atom stereocenters. The van der Waals surface area contributed by atoms with Gasteiger partial charge in [-0.3, -0.25) is 0 Å². The van der Waals surface area contributed by atoms with E-state index in [1.54, 1.807) is 0 Å². The van der Waals surface area contributed by atoms with E-state index in [2.05, 4.69) is 89.8 Å². The van der Waals surface area contributed by atoms with Crippen LogP contribution in [0.4, 0.5) is 17.1 Å². The molecule has 2 aliphatic heterocycles. The summed E-state index contributed by atoms with van der Waals surface area (Å²) in [5.41, 5.74) is 13.6. The summed E-state index contributed by atoms with van der Waals surface area (Å²) in [5, 5.41) is 18.9. The maximum absolute atomic E-state index is 9.47. The first-order valence-electron chi connectivity index (χ1n) is 17.2. The first kappa shape index (κ1) is 31.0. The fourth-order valence-electron chi connectivity index (χ4n) is 7.66. The lowest BCUT2D eigenvalue weighted by Gasteiger charge is -2.35. The number of nitrogens with zero attached hydrogens (tertiary/aromatic N) is 3. The molecule has 244 valence electrons. The fraction of sp³-hybridized carbons (Fsp3) is 0.0435. The molecule has 0 N–H and O–H groups in total. The predicted molar refractivity (Wildman–Crippen MR) is 209 cm³/mol. The van der Waals surface area contributed by atoms with Crippen LogP contribution in [0.5, 0.6) is 23.0 Å². The van der Waals surface area contributed by atoms with Crippen molar-refractivity contribution in [1.29, 1.82) is 10.5 Å². The summed E-state index contributed by atoms with van der Waals surface area (Å²) in [6, 6.07) is 53.8. The Morgan fingerprint density at radius 3 is 1.37 bits per heavy atom. The zero-order chi connectivity index (χ0) is 35.3. The van der Waals surface area contributed by atoms with Crippen LogP contribution in [0.2, 0.25) is 0 Å². The van der Waals surface area contributed by atoms with E-state index in [0.717, 1.165) is 89.8 Å². The number of fused-ring (bicyclic) bond motifs is 4. The highest BCUT2D eigenvalue weighted by Gasteiger charge is 2.41. The highest BCUT2D eigenvalue weighted by molar-refractivity contribution is 6.98. The van der Waals surface area contributed by atoms with Gasteiger partial charge in [0.15, 0.2) is 0 Å². The molecule has 7 aromatic rings. The molecule has 0 amide bonds. The Hall–Kier alpha value is -7.02. The Balaban J connectivity index is 1.24. The van der Waals surface area contributed by atoms with Gasteiger partial charge in [-0.1, -0.05) is 72.8 Å². The van der Waals surface area contributed by atoms with Gasteiger partial charge in [-0.15, -0.1) is 0 Å². The summed E-state index contributed by atoms with van der Waals surface area (Å²) in [7, 11) is 0. The van der Waals surface area contributed by atoms with E-state index < -0.39 is 0 Å². The van der Waals surface area contributed by atoms with Crippen molar-refractivity contribution < 1.29 is 9.47 Å². The second-order valence-corrected chi connectivity index (χ2v) is 13.3. The topological polar surface area (TPSA) is 69.3 Å². The lowest BCUT2D eigenvalue weighted by Crippen LogP contribution is -2.57. The number of nitriles is 2. The third-order valence-corrected chi connectivity index (χ3v) is 10.1. The van der Waals surface area contributed by atoms with Gasteiger partial charge in [0.25, 0.3) is 6.71 Å². The summed E-state index contributed by atoms with van der Waals surface area (Å²) >= 11 is 0. The first-order chi connectivity index (χ1) is 25.5. The molecule has 0 unspecified atom stereocenters. The largest absolute Gasteiger partial charge is 0.458 e. The molecule has 0 fully saturated rings. The minimum absolute atomic E-state index is 0.124. The van der Waals surface area contributed by atoms with Gasteiger partial charge in [0.2, 0.25) is 0 Å². The molecule has 0 aliphatic carbocycles. The second-order valence-electron chi connectivity index (χ2n) is 13.3. The lowest BCUT2D eigenvalue weighted by atomic mass is 9.34. The Labute approximate surface area is 303 Å². The highest BCUT2D eigenvalue weighted by Crippen LogP contribution is 2.43. The van der Waals surface area contributed by atoms with Gasteiger partial charge in [0, 0.05) is 29.0 Å². The molecule has 0 bridgehead atoms. The van der Waals surface area contributed by atoms with E-state index in [4.69, 9.17) is 9.47 Å². The van der Waals surface area contributed by atoms with Gasteiger partial charge in [-0.2, -0.15) is 10.5 Å². The molecule has 5 nitrogen and oxygen atoms in total. The van der Waals surface area contributed by atoms with Crippen LogP contribution in [-0.4, -0.2) is 6.71 Å². The molecule has 0 radical (unpaired) electrons.